The first-order valence-electron chi connectivity index (χ1n) is 6.69. The van der Waals surface area contributed by atoms with Gasteiger partial charge in [0.15, 0.2) is 0 Å². The van der Waals surface area contributed by atoms with Crippen LogP contribution in [0.25, 0.3) is 0 Å². The van der Waals surface area contributed by atoms with Crippen molar-refractivity contribution in [2.24, 2.45) is 0 Å². The Bertz CT molecular complexity index is 386. The molecule has 5 heteroatoms. The zero-order valence-electron chi connectivity index (χ0n) is 11.3. The quantitative estimate of drug-likeness (QED) is 0.773. The predicted octanol–water partition coefficient (Wildman–Crippen LogP) is 2.89. The van der Waals surface area contributed by atoms with Gasteiger partial charge < -0.3 is 9.30 Å². The van der Waals surface area contributed by atoms with Crippen LogP contribution in [0.5, 0.6) is 0 Å². The molecule has 0 unspecified atom stereocenters. The number of rotatable bonds is 5. The number of methoxy groups -OCH3 is 1. The number of halogens is 1. The first kappa shape index (κ1) is 13.8. The van der Waals surface area contributed by atoms with Gasteiger partial charge in [-0.15, -0.1) is 21.8 Å². The molecule has 1 aromatic rings. The minimum atomic E-state index is 0.156. The van der Waals surface area contributed by atoms with Crippen molar-refractivity contribution in [3.63, 3.8) is 0 Å². The van der Waals surface area contributed by atoms with E-state index in [1.165, 1.54) is 32.1 Å². The molecule has 1 fully saturated rings. The third-order valence-corrected chi connectivity index (χ3v) is 4.20. The summed E-state index contributed by atoms with van der Waals surface area (Å²) in [7, 11) is 1.72. The molecule has 2 rings (SSSR count). The Morgan fingerprint density at radius 1 is 1.28 bits per heavy atom. The lowest BCUT2D eigenvalue weighted by atomic mass is 9.75. The van der Waals surface area contributed by atoms with Crippen molar-refractivity contribution in [3.8, 4) is 0 Å². The molecule has 1 saturated carbocycles. The summed E-state index contributed by atoms with van der Waals surface area (Å²) in [6.07, 6.45) is 6.29. The summed E-state index contributed by atoms with van der Waals surface area (Å²) in [6, 6.07) is 0. The number of hydrogen-bond acceptors (Lipinski definition) is 3. The maximum Gasteiger partial charge on any atom is 0.148 e. The maximum atomic E-state index is 5.94. The lowest BCUT2D eigenvalue weighted by Gasteiger charge is -2.33. The van der Waals surface area contributed by atoms with E-state index in [2.05, 4.69) is 21.7 Å². The van der Waals surface area contributed by atoms with Crippen LogP contribution < -0.4 is 0 Å². The van der Waals surface area contributed by atoms with Crippen LogP contribution in [0.15, 0.2) is 0 Å². The maximum absolute atomic E-state index is 5.94. The molecule has 102 valence electrons. The number of ether oxygens (including phenoxy) is 1. The van der Waals surface area contributed by atoms with Crippen molar-refractivity contribution in [1.29, 1.82) is 0 Å². The normalized spacial score (nSPS) is 19.1. The molecule has 0 atom stereocenters. The molecule has 0 spiro atoms. The summed E-state index contributed by atoms with van der Waals surface area (Å²) in [5.41, 5.74) is 0.156. The van der Waals surface area contributed by atoms with Gasteiger partial charge in [0.1, 0.15) is 11.6 Å². The summed E-state index contributed by atoms with van der Waals surface area (Å²) >= 11 is 5.94. The highest BCUT2D eigenvalue weighted by atomic mass is 35.5. The third kappa shape index (κ3) is 2.69. The topological polar surface area (TPSA) is 39.9 Å². The Hall–Kier alpha value is -0.610. The van der Waals surface area contributed by atoms with Gasteiger partial charge in [0.25, 0.3) is 0 Å². The van der Waals surface area contributed by atoms with Gasteiger partial charge in [0.05, 0.1) is 12.5 Å². The number of alkyl halides is 1. The third-order valence-electron chi connectivity index (χ3n) is 3.96. The minimum Gasteiger partial charge on any atom is -0.383 e. The Morgan fingerprint density at radius 2 is 2.00 bits per heavy atom. The number of nitrogens with zero attached hydrogens (tertiary/aromatic N) is 3. The van der Waals surface area contributed by atoms with Gasteiger partial charge in [-0.1, -0.05) is 26.2 Å². The summed E-state index contributed by atoms with van der Waals surface area (Å²) in [5.74, 6) is 2.36. The van der Waals surface area contributed by atoms with Gasteiger partial charge in [0.2, 0.25) is 0 Å². The van der Waals surface area contributed by atoms with E-state index in [0.29, 0.717) is 12.5 Å². The average Bonchev–Trinajstić information content (AvgIpc) is 2.80. The average molecular weight is 272 g/mol. The molecule has 1 heterocycles. The molecule has 0 amide bonds. The van der Waals surface area contributed by atoms with E-state index in [-0.39, 0.29) is 5.41 Å². The molecule has 4 nitrogen and oxygen atoms in total. The molecular weight excluding hydrogens is 250 g/mol. The Morgan fingerprint density at radius 3 is 2.61 bits per heavy atom. The highest BCUT2D eigenvalue weighted by molar-refractivity contribution is 6.16. The highest BCUT2D eigenvalue weighted by Crippen LogP contribution is 2.38. The Kier molecular flexibility index (Phi) is 4.62. The van der Waals surface area contributed by atoms with Crippen LogP contribution in [-0.4, -0.2) is 28.5 Å². The lowest BCUT2D eigenvalue weighted by molar-refractivity contribution is 0.181. The standard InChI is InChI=1S/C13H22ClN3O/c1-13(6-4-3-5-7-13)12-16-15-11(10-14)17(12)8-9-18-2/h3-10H2,1-2H3. The lowest BCUT2D eigenvalue weighted by Crippen LogP contribution is -2.30. The molecule has 0 radical (unpaired) electrons. The smallest absolute Gasteiger partial charge is 0.148 e. The van der Waals surface area contributed by atoms with Crippen molar-refractivity contribution in [2.75, 3.05) is 13.7 Å². The van der Waals surface area contributed by atoms with Crippen LogP contribution in [0.2, 0.25) is 0 Å². The SMILES string of the molecule is COCCn1c(CCl)nnc1C1(C)CCCCC1. The van der Waals surface area contributed by atoms with Crippen LogP contribution in [0.4, 0.5) is 0 Å². The molecule has 0 aliphatic heterocycles. The van der Waals surface area contributed by atoms with Gasteiger partial charge in [-0.2, -0.15) is 0 Å². The van der Waals surface area contributed by atoms with E-state index in [1.54, 1.807) is 7.11 Å². The minimum absolute atomic E-state index is 0.156. The summed E-state index contributed by atoms with van der Waals surface area (Å²) in [4.78, 5) is 0. The van der Waals surface area contributed by atoms with E-state index < -0.39 is 0 Å². The predicted molar refractivity (Wildman–Crippen MR) is 71.9 cm³/mol. The first-order chi connectivity index (χ1) is 8.71. The second-order valence-corrected chi connectivity index (χ2v) is 5.61. The van der Waals surface area contributed by atoms with Crippen LogP contribution >= 0.6 is 11.6 Å². The molecule has 0 aromatic carbocycles. The van der Waals surface area contributed by atoms with Crippen molar-refractivity contribution < 1.29 is 4.74 Å². The number of hydrogen-bond donors (Lipinski definition) is 0. The summed E-state index contributed by atoms with van der Waals surface area (Å²) < 4.78 is 7.33. The molecule has 0 saturated heterocycles. The van der Waals surface area contributed by atoms with Crippen LogP contribution in [0, 0.1) is 0 Å². The van der Waals surface area contributed by atoms with Gasteiger partial charge >= 0.3 is 0 Å². The van der Waals surface area contributed by atoms with Crippen molar-refractivity contribution in [3.05, 3.63) is 11.6 Å². The summed E-state index contributed by atoms with van der Waals surface area (Å²) in [5, 5.41) is 8.64. The molecule has 0 N–H and O–H groups in total. The fourth-order valence-corrected chi connectivity index (χ4v) is 3.05. The zero-order valence-corrected chi connectivity index (χ0v) is 12.0. The second-order valence-electron chi connectivity index (χ2n) is 5.34. The Balaban J connectivity index is 2.27. The van der Waals surface area contributed by atoms with E-state index >= 15 is 0 Å². The largest absolute Gasteiger partial charge is 0.383 e. The number of aromatic nitrogens is 3. The van der Waals surface area contributed by atoms with Gasteiger partial charge in [0, 0.05) is 19.1 Å². The first-order valence-corrected chi connectivity index (χ1v) is 7.22. The van der Waals surface area contributed by atoms with E-state index in [9.17, 15) is 0 Å². The molecular formula is C13H22ClN3O. The molecule has 18 heavy (non-hydrogen) atoms. The fourth-order valence-electron chi connectivity index (χ4n) is 2.85. The van der Waals surface area contributed by atoms with Crippen LogP contribution in [-0.2, 0) is 22.6 Å². The second kappa shape index (κ2) is 6.02. The van der Waals surface area contributed by atoms with Crippen molar-refractivity contribution in [2.45, 2.75) is 56.9 Å². The highest BCUT2D eigenvalue weighted by Gasteiger charge is 2.34. The molecule has 0 bridgehead atoms. The van der Waals surface area contributed by atoms with Crippen molar-refractivity contribution in [1.82, 2.24) is 14.8 Å². The van der Waals surface area contributed by atoms with Crippen molar-refractivity contribution >= 4 is 11.6 Å². The van der Waals surface area contributed by atoms with Crippen LogP contribution in [0.3, 0.4) is 0 Å². The van der Waals surface area contributed by atoms with Gasteiger partial charge in [-0.25, -0.2) is 0 Å². The molecule has 1 aliphatic carbocycles. The monoisotopic (exact) mass is 271 g/mol. The van der Waals surface area contributed by atoms with Gasteiger partial charge in [-0.05, 0) is 12.8 Å². The van der Waals surface area contributed by atoms with Gasteiger partial charge in [-0.3, -0.25) is 0 Å². The molecule has 1 aromatic heterocycles. The van der Waals surface area contributed by atoms with E-state index in [4.69, 9.17) is 16.3 Å². The summed E-state index contributed by atoms with van der Waals surface area (Å²) in [6.45, 7) is 3.76. The fraction of sp³-hybridized carbons (Fsp3) is 0.846. The Labute approximate surface area is 114 Å². The van der Waals surface area contributed by atoms with Crippen LogP contribution in [0.1, 0.15) is 50.7 Å². The van der Waals surface area contributed by atoms with E-state index in [1.807, 2.05) is 0 Å². The zero-order chi connectivity index (χ0) is 13.0. The molecule has 1 aliphatic rings. The van der Waals surface area contributed by atoms with E-state index in [0.717, 1.165) is 18.2 Å².